The first-order chi connectivity index (χ1) is 15.9. The molecule has 33 heavy (non-hydrogen) atoms. The maximum Gasteiger partial charge on any atom is 0.312 e. The molecule has 1 spiro atoms. The van der Waals surface area contributed by atoms with E-state index in [4.69, 9.17) is 21.1 Å². The van der Waals surface area contributed by atoms with Gasteiger partial charge in [-0.2, -0.15) is 0 Å². The highest BCUT2D eigenvalue weighted by atomic mass is 35.5. The minimum absolute atomic E-state index is 0.131. The zero-order valence-electron chi connectivity index (χ0n) is 18.6. The lowest BCUT2D eigenvalue weighted by Gasteiger charge is -2.37. The SMILES string of the molecule is C=CCN(C(=O)[C@H]1N(CCCO)C(=O)[C@@H]2[C@@H](C(=O)OCC)[C@H]3CC[C@]21O3)c1ccccc1Cl. The molecule has 2 bridgehead atoms. The molecule has 1 aromatic rings. The Labute approximate surface area is 198 Å². The van der Waals surface area contributed by atoms with Crippen molar-refractivity contribution in [1.29, 1.82) is 0 Å². The van der Waals surface area contributed by atoms with Gasteiger partial charge in [0, 0.05) is 19.7 Å². The highest BCUT2D eigenvalue weighted by Crippen LogP contribution is 2.59. The van der Waals surface area contributed by atoms with Crippen molar-refractivity contribution in [3.63, 3.8) is 0 Å². The normalized spacial score (nSPS) is 29.8. The number of aliphatic hydroxyl groups excluding tert-OH is 1. The van der Waals surface area contributed by atoms with Crippen LogP contribution in [0, 0.1) is 11.8 Å². The van der Waals surface area contributed by atoms with Crippen molar-refractivity contribution >= 4 is 35.1 Å². The van der Waals surface area contributed by atoms with Crippen LogP contribution >= 0.6 is 11.6 Å². The Morgan fingerprint density at radius 2 is 2.18 bits per heavy atom. The molecular weight excluding hydrogens is 448 g/mol. The lowest BCUT2D eigenvalue weighted by Crippen LogP contribution is -2.56. The number of rotatable bonds is 9. The van der Waals surface area contributed by atoms with E-state index in [0.717, 1.165) is 0 Å². The van der Waals surface area contributed by atoms with Crippen LogP contribution in [0.15, 0.2) is 36.9 Å². The van der Waals surface area contributed by atoms with Crippen LogP contribution in [0.25, 0.3) is 0 Å². The molecule has 8 nitrogen and oxygen atoms in total. The summed E-state index contributed by atoms with van der Waals surface area (Å²) in [4.78, 5) is 43.5. The summed E-state index contributed by atoms with van der Waals surface area (Å²) in [6.45, 7) is 5.93. The number of hydrogen-bond donors (Lipinski definition) is 1. The standard InChI is InChI=1S/C24H29ClN2O6/c1-3-12-26(16-9-6-5-8-15(16)25)22(30)20-24-11-10-17(33-24)18(23(31)32-4-2)19(24)21(29)27(20)13-7-14-28/h3,5-6,8-9,17-20,28H,1,4,7,10-14H2,2H3/t17-,18+,19+,20-,24+/m1/s1. The molecule has 0 radical (unpaired) electrons. The third-order valence-corrected chi connectivity index (χ3v) is 7.19. The minimum atomic E-state index is -1.12. The summed E-state index contributed by atoms with van der Waals surface area (Å²) in [5.74, 6) is -2.65. The number of carbonyl (C=O) groups excluding carboxylic acids is 3. The average Bonchev–Trinajstić information content (AvgIpc) is 3.44. The zero-order valence-corrected chi connectivity index (χ0v) is 19.4. The maximum atomic E-state index is 14.1. The topological polar surface area (TPSA) is 96.4 Å². The summed E-state index contributed by atoms with van der Waals surface area (Å²) in [6, 6.07) is 6.04. The highest BCUT2D eigenvalue weighted by Gasteiger charge is 2.75. The lowest BCUT2D eigenvalue weighted by molar-refractivity contribution is -0.154. The molecule has 1 aromatic carbocycles. The number of aliphatic hydroxyl groups is 1. The smallest absolute Gasteiger partial charge is 0.312 e. The van der Waals surface area contributed by atoms with Crippen molar-refractivity contribution < 1.29 is 29.0 Å². The lowest BCUT2D eigenvalue weighted by atomic mass is 9.70. The molecule has 3 saturated heterocycles. The van der Waals surface area contributed by atoms with Crippen molar-refractivity contribution in [2.24, 2.45) is 11.8 Å². The van der Waals surface area contributed by atoms with E-state index in [9.17, 15) is 19.5 Å². The molecule has 3 heterocycles. The fourth-order valence-electron chi connectivity index (χ4n) is 5.67. The third-order valence-electron chi connectivity index (χ3n) is 6.87. The van der Waals surface area contributed by atoms with Crippen LogP contribution in [-0.4, -0.2) is 71.8 Å². The Morgan fingerprint density at radius 3 is 2.85 bits per heavy atom. The van der Waals surface area contributed by atoms with Gasteiger partial charge < -0.3 is 24.4 Å². The second-order valence-corrected chi connectivity index (χ2v) is 9.01. The van der Waals surface area contributed by atoms with Crippen LogP contribution in [-0.2, 0) is 23.9 Å². The molecule has 3 aliphatic heterocycles. The van der Waals surface area contributed by atoms with E-state index >= 15 is 0 Å². The molecule has 0 saturated carbocycles. The number of nitrogens with zero attached hydrogens (tertiary/aromatic N) is 2. The van der Waals surface area contributed by atoms with Crippen LogP contribution in [0.2, 0.25) is 5.02 Å². The number of para-hydroxylation sites is 1. The number of halogens is 1. The molecule has 4 rings (SSSR count). The Kier molecular flexibility index (Phi) is 6.79. The van der Waals surface area contributed by atoms with Crippen molar-refractivity contribution in [2.75, 3.05) is 31.2 Å². The van der Waals surface area contributed by atoms with Gasteiger partial charge in [0.1, 0.15) is 11.6 Å². The summed E-state index contributed by atoms with van der Waals surface area (Å²) in [7, 11) is 0. The van der Waals surface area contributed by atoms with Gasteiger partial charge in [-0.05, 0) is 38.3 Å². The van der Waals surface area contributed by atoms with E-state index in [1.165, 1.54) is 9.80 Å². The van der Waals surface area contributed by atoms with E-state index in [1.807, 2.05) is 0 Å². The first kappa shape index (κ1) is 23.7. The van der Waals surface area contributed by atoms with Gasteiger partial charge >= 0.3 is 5.97 Å². The Morgan fingerprint density at radius 1 is 1.42 bits per heavy atom. The van der Waals surface area contributed by atoms with E-state index in [-0.39, 0.29) is 38.1 Å². The number of ether oxygens (including phenoxy) is 2. The molecule has 3 fully saturated rings. The molecule has 3 aliphatic rings. The second kappa shape index (κ2) is 9.44. The number of fused-ring (bicyclic) bond motifs is 1. The third kappa shape index (κ3) is 3.74. The quantitative estimate of drug-likeness (QED) is 0.433. The summed E-state index contributed by atoms with van der Waals surface area (Å²) >= 11 is 6.41. The minimum Gasteiger partial charge on any atom is -0.466 e. The van der Waals surface area contributed by atoms with Crippen molar-refractivity contribution in [2.45, 2.75) is 43.9 Å². The molecular formula is C24H29ClN2O6. The molecule has 9 heteroatoms. The first-order valence-corrected chi connectivity index (χ1v) is 11.7. The monoisotopic (exact) mass is 476 g/mol. The van der Waals surface area contributed by atoms with Gasteiger partial charge in [0.2, 0.25) is 5.91 Å². The highest BCUT2D eigenvalue weighted by molar-refractivity contribution is 6.34. The molecule has 0 unspecified atom stereocenters. The van der Waals surface area contributed by atoms with Crippen LogP contribution in [0.4, 0.5) is 5.69 Å². The van der Waals surface area contributed by atoms with E-state index < -0.39 is 35.6 Å². The molecule has 178 valence electrons. The van der Waals surface area contributed by atoms with Crippen LogP contribution in [0.5, 0.6) is 0 Å². The van der Waals surface area contributed by atoms with Crippen molar-refractivity contribution in [3.05, 3.63) is 41.9 Å². The van der Waals surface area contributed by atoms with Gasteiger partial charge in [0.15, 0.2) is 0 Å². The van der Waals surface area contributed by atoms with E-state index in [2.05, 4.69) is 6.58 Å². The predicted octanol–water partition coefficient (Wildman–Crippen LogP) is 2.18. The molecule has 0 aromatic heterocycles. The van der Waals surface area contributed by atoms with Crippen LogP contribution < -0.4 is 4.90 Å². The predicted molar refractivity (Wildman–Crippen MR) is 122 cm³/mol. The number of esters is 1. The number of likely N-dealkylation sites (tertiary alicyclic amines) is 1. The van der Waals surface area contributed by atoms with E-state index in [0.29, 0.717) is 30.0 Å². The fourth-order valence-corrected chi connectivity index (χ4v) is 5.91. The fraction of sp³-hybridized carbons (Fsp3) is 0.542. The van der Waals surface area contributed by atoms with Crippen LogP contribution in [0.3, 0.4) is 0 Å². The molecule has 2 amide bonds. The average molecular weight is 477 g/mol. The first-order valence-electron chi connectivity index (χ1n) is 11.3. The Hall–Kier alpha value is -2.42. The second-order valence-electron chi connectivity index (χ2n) is 8.61. The van der Waals surface area contributed by atoms with Gasteiger partial charge in [0.05, 0.1) is 35.3 Å². The Bertz CT molecular complexity index is 955. The molecule has 5 atom stereocenters. The Balaban J connectivity index is 1.77. The van der Waals surface area contributed by atoms with Crippen molar-refractivity contribution in [3.8, 4) is 0 Å². The summed E-state index contributed by atoms with van der Waals surface area (Å²) in [6.07, 6.45) is 2.50. The number of benzene rings is 1. The number of hydrogen-bond acceptors (Lipinski definition) is 6. The number of anilines is 1. The molecule has 1 N–H and O–H groups in total. The maximum absolute atomic E-state index is 14.1. The van der Waals surface area contributed by atoms with Gasteiger partial charge in [-0.25, -0.2) is 0 Å². The van der Waals surface area contributed by atoms with Gasteiger partial charge in [-0.1, -0.05) is 29.8 Å². The largest absolute Gasteiger partial charge is 0.466 e. The summed E-state index contributed by atoms with van der Waals surface area (Å²) < 4.78 is 11.6. The van der Waals surface area contributed by atoms with Gasteiger partial charge in [0.25, 0.3) is 5.91 Å². The zero-order chi connectivity index (χ0) is 23.8. The number of carbonyl (C=O) groups is 3. The van der Waals surface area contributed by atoms with Gasteiger partial charge in [-0.3, -0.25) is 14.4 Å². The summed E-state index contributed by atoms with van der Waals surface area (Å²) in [5, 5.41) is 9.82. The number of amides is 2. The van der Waals surface area contributed by atoms with Crippen LogP contribution in [0.1, 0.15) is 26.2 Å². The summed E-state index contributed by atoms with van der Waals surface area (Å²) in [5.41, 5.74) is -0.611. The van der Waals surface area contributed by atoms with E-state index in [1.54, 1.807) is 37.3 Å². The van der Waals surface area contributed by atoms with Gasteiger partial charge in [-0.15, -0.1) is 6.58 Å². The molecule has 0 aliphatic carbocycles. The van der Waals surface area contributed by atoms with Crippen molar-refractivity contribution in [1.82, 2.24) is 4.90 Å².